The van der Waals surface area contributed by atoms with Crippen LogP contribution in [0.15, 0.2) is 78.9 Å². The Morgan fingerprint density at radius 2 is 0.882 bits per heavy atom. The molecule has 2 N–H and O–H groups in total. The molecule has 3 aromatic rings. The van der Waals surface area contributed by atoms with Gasteiger partial charge in [0.2, 0.25) is 0 Å². The first kappa shape index (κ1) is 83.7. The van der Waals surface area contributed by atoms with E-state index in [9.17, 15) is 24.0 Å². The van der Waals surface area contributed by atoms with E-state index in [1.807, 2.05) is 128 Å². The molecule has 3 aromatic carbocycles. The van der Waals surface area contributed by atoms with Crippen LogP contribution in [0.1, 0.15) is 316 Å². The summed E-state index contributed by atoms with van der Waals surface area (Å²) in [6.45, 7) is 48.8. The third kappa shape index (κ3) is 25.9. The predicted octanol–water partition coefficient (Wildman–Crippen LogP) is 21.3. The molecule has 12 heteroatoms. The number of fused-ring (bicyclic) bond motifs is 1. The number of hydrogen-bond acceptors (Lipinski definition) is 12. The molecule has 4 saturated carbocycles. The Labute approximate surface area is 566 Å². The van der Waals surface area contributed by atoms with Crippen molar-refractivity contribution in [1.82, 2.24) is 0 Å². The molecule has 1 heterocycles. The van der Waals surface area contributed by atoms with Crippen LogP contribution >= 0.6 is 0 Å². The van der Waals surface area contributed by atoms with E-state index >= 15 is 0 Å². The Bertz CT molecular complexity index is 2610. The van der Waals surface area contributed by atoms with E-state index in [4.69, 9.17) is 33.9 Å². The van der Waals surface area contributed by atoms with Gasteiger partial charge in [-0.2, -0.15) is 0 Å². The van der Waals surface area contributed by atoms with Gasteiger partial charge < -0.3 is 33.9 Å². The van der Waals surface area contributed by atoms with Crippen molar-refractivity contribution in [3.05, 3.63) is 95.6 Å². The second-order valence-corrected chi connectivity index (χ2v) is 31.2. The van der Waals surface area contributed by atoms with E-state index in [-0.39, 0.29) is 81.0 Å². The van der Waals surface area contributed by atoms with Gasteiger partial charge in [-0.25, -0.2) is 0 Å². The average Bonchev–Trinajstić information content (AvgIpc) is 1.57. The van der Waals surface area contributed by atoms with Gasteiger partial charge in [0.15, 0.2) is 0 Å². The lowest BCUT2D eigenvalue weighted by Gasteiger charge is -2.36. The summed E-state index contributed by atoms with van der Waals surface area (Å²) in [7, 11) is 0. The number of carbonyl (C=O) groups excluding carboxylic acids is 5. The van der Waals surface area contributed by atoms with Crippen LogP contribution < -0.4 is 0 Å². The zero-order valence-corrected chi connectivity index (χ0v) is 62.9. The number of hydrogen-bond donors (Lipinski definition) is 2. The zero-order valence-electron chi connectivity index (χ0n) is 62.9. The first-order chi connectivity index (χ1) is 43.2. The van der Waals surface area contributed by atoms with E-state index in [1.165, 1.54) is 48.8 Å². The fourth-order valence-electron chi connectivity index (χ4n) is 11.4. The largest absolute Gasteiger partial charge is 0.508 e. The molecular formula is C81H132O12. The fraction of sp³-hybridized carbons (Fsp3) is 0.716. The van der Waals surface area contributed by atoms with Crippen molar-refractivity contribution in [3.63, 3.8) is 0 Å². The monoisotopic (exact) mass is 1300 g/mol. The number of benzene rings is 3. The second kappa shape index (κ2) is 37.8. The van der Waals surface area contributed by atoms with E-state index in [2.05, 4.69) is 92.6 Å². The summed E-state index contributed by atoms with van der Waals surface area (Å²) in [6, 6.07) is 25.5. The van der Waals surface area contributed by atoms with Crippen molar-refractivity contribution in [1.29, 1.82) is 0 Å². The molecule has 1 saturated heterocycles. The van der Waals surface area contributed by atoms with Gasteiger partial charge in [-0.05, 0) is 256 Å². The quantitative estimate of drug-likeness (QED) is 0.0861. The number of esters is 5. The summed E-state index contributed by atoms with van der Waals surface area (Å²) in [5.41, 5.74) is 1.88. The highest BCUT2D eigenvalue weighted by molar-refractivity contribution is 5.79. The summed E-state index contributed by atoms with van der Waals surface area (Å²) >= 11 is 0. The maximum Gasteiger partial charge on any atom is 0.312 e. The van der Waals surface area contributed by atoms with Crippen LogP contribution in [0.4, 0.5) is 0 Å². The molecule has 8 rings (SSSR count). The lowest BCUT2D eigenvalue weighted by atomic mass is 9.86. The first-order valence-electron chi connectivity index (χ1n) is 36.0. The molecule has 5 aliphatic rings. The number of carbonyl (C=O) groups is 5. The maximum absolute atomic E-state index is 12.1. The molecule has 93 heavy (non-hydrogen) atoms. The molecule has 4 aliphatic carbocycles. The normalized spacial score (nSPS) is 20.8. The molecule has 5 fully saturated rings. The minimum absolute atomic E-state index is 0.0197. The molecule has 2 bridgehead atoms. The van der Waals surface area contributed by atoms with Crippen molar-refractivity contribution in [2.45, 2.75) is 329 Å². The number of phenolic OH excluding ortho intramolecular Hbond substituents is 2. The lowest BCUT2D eigenvalue weighted by molar-refractivity contribution is -0.175. The van der Waals surface area contributed by atoms with E-state index in [0.29, 0.717) is 47.0 Å². The third-order valence-corrected chi connectivity index (χ3v) is 21.2. The molecule has 0 spiro atoms. The standard InChI is InChI=1S/C14H20O4.C14H26O2.C13H24O2.C10H20O2.2C10H14O.C10H14/c1-4-14(2,3)13(16)18-10-7-5-8-9(6-7)12(15)17-11(8)10;1-6-13(4,5)12(15)16-14(11(2)3)9-7-8-10-14;1-5-12(3,4)11(14)15-13(6-2)9-7-8-10-13;1-7-10(5,6)8(11)12-9(2,3)4;2*1-3-8(2)9-4-6-10(11)7-5-9;1-3-9(2)10-7-5-4-6-8-10/h7-11H,4-6H2,1-3H3;11H,6-10H2,1-5H3;5-10H2,1-4H3;7H2,1-6H3;2*4-8,11H,3H2,1-2H3;4-9H,3H2,1-2H3. The van der Waals surface area contributed by atoms with E-state index < -0.39 is 5.41 Å². The molecule has 0 radical (unpaired) electrons. The highest BCUT2D eigenvalue weighted by Gasteiger charge is 2.63. The van der Waals surface area contributed by atoms with Crippen LogP contribution in [0.2, 0.25) is 0 Å². The summed E-state index contributed by atoms with van der Waals surface area (Å²) in [6.07, 6.45) is 18.1. The molecular weight excluding hydrogens is 1160 g/mol. The Hall–Kier alpha value is -5.39. The van der Waals surface area contributed by atoms with Gasteiger partial charge >= 0.3 is 29.8 Å². The Morgan fingerprint density at radius 3 is 1.26 bits per heavy atom. The SMILES string of the molecule is CCC(C)(C)C(=O)OC(C)(C)C.CCC(C)(C)C(=O)OC1(C(C)C)CCCC1.CCC(C)(C)C(=O)OC1C2CC3C(=O)OC1C3C2.CCC(C)c1ccc(O)cc1.CCC(C)c1ccc(O)cc1.CCC(C)c1ccccc1.CCC1(OC(=O)C(C)(C)CC)CCCC1. The van der Waals surface area contributed by atoms with Gasteiger partial charge in [-0.1, -0.05) is 145 Å². The van der Waals surface area contributed by atoms with Crippen molar-refractivity contribution in [3.8, 4) is 11.5 Å². The molecule has 8 unspecified atom stereocenters. The molecule has 0 amide bonds. The van der Waals surface area contributed by atoms with Gasteiger partial charge in [0, 0.05) is 11.8 Å². The molecule has 1 aliphatic heterocycles. The van der Waals surface area contributed by atoms with Crippen LogP contribution in [-0.4, -0.2) is 69.1 Å². The van der Waals surface area contributed by atoms with Crippen LogP contribution in [0.3, 0.4) is 0 Å². The highest BCUT2D eigenvalue weighted by Crippen LogP contribution is 2.56. The van der Waals surface area contributed by atoms with Crippen molar-refractivity contribution in [2.24, 2.45) is 45.3 Å². The smallest absolute Gasteiger partial charge is 0.312 e. The van der Waals surface area contributed by atoms with Crippen molar-refractivity contribution >= 4 is 29.8 Å². The fourth-order valence-corrected chi connectivity index (χ4v) is 11.4. The second-order valence-electron chi connectivity index (χ2n) is 31.2. The first-order valence-corrected chi connectivity index (χ1v) is 36.0. The predicted molar refractivity (Wildman–Crippen MR) is 380 cm³/mol. The number of rotatable bonds is 19. The number of aromatic hydroxyl groups is 2. The van der Waals surface area contributed by atoms with Gasteiger partial charge in [-0.15, -0.1) is 0 Å². The Kier molecular flexibility index (Phi) is 34.0. The van der Waals surface area contributed by atoms with Gasteiger partial charge in [0.25, 0.3) is 0 Å². The van der Waals surface area contributed by atoms with E-state index in [0.717, 1.165) is 83.5 Å². The van der Waals surface area contributed by atoms with Gasteiger partial charge in [0.05, 0.1) is 27.6 Å². The average molecular weight is 1300 g/mol. The van der Waals surface area contributed by atoms with Gasteiger partial charge in [-0.3, -0.25) is 24.0 Å². The number of phenols is 2. The molecule has 0 aromatic heterocycles. The van der Waals surface area contributed by atoms with E-state index in [1.54, 1.807) is 24.3 Å². The van der Waals surface area contributed by atoms with Crippen LogP contribution in [0.25, 0.3) is 0 Å². The van der Waals surface area contributed by atoms with Gasteiger partial charge in [0.1, 0.15) is 40.5 Å². The Balaban J connectivity index is 0.000000373. The highest BCUT2D eigenvalue weighted by atomic mass is 16.6. The summed E-state index contributed by atoms with van der Waals surface area (Å²) in [5, 5.41) is 18.0. The van der Waals surface area contributed by atoms with Crippen LogP contribution in [0.5, 0.6) is 11.5 Å². The van der Waals surface area contributed by atoms with Crippen molar-refractivity contribution < 1.29 is 57.9 Å². The molecule has 8 atom stereocenters. The topological polar surface area (TPSA) is 172 Å². The minimum Gasteiger partial charge on any atom is -0.508 e. The van der Waals surface area contributed by atoms with Crippen molar-refractivity contribution in [2.75, 3.05) is 0 Å². The third-order valence-electron chi connectivity index (χ3n) is 21.2. The molecule has 528 valence electrons. The number of ether oxygens (including phenoxy) is 5. The summed E-state index contributed by atoms with van der Waals surface area (Å²) in [5.74, 6) is 3.31. The Morgan fingerprint density at radius 1 is 0.505 bits per heavy atom. The van der Waals surface area contributed by atoms with Crippen LogP contribution in [0, 0.1) is 45.3 Å². The molecule has 12 nitrogen and oxygen atoms in total. The van der Waals surface area contributed by atoms with Crippen LogP contribution in [-0.2, 0) is 47.7 Å². The zero-order chi connectivity index (χ0) is 70.9. The minimum atomic E-state index is -0.455. The summed E-state index contributed by atoms with van der Waals surface area (Å²) < 4.78 is 27.9. The lowest BCUT2D eigenvalue weighted by Crippen LogP contribution is -2.41. The summed E-state index contributed by atoms with van der Waals surface area (Å²) in [4.78, 5) is 59.4. The maximum atomic E-state index is 12.1.